The smallest absolute Gasteiger partial charge is 0.326 e. The molecule has 0 saturated heterocycles. The van der Waals surface area contributed by atoms with Gasteiger partial charge in [-0.2, -0.15) is 0 Å². The summed E-state index contributed by atoms with van der Waals surface area (Å²) in [7, 11) is 0. The first-order valence-electron chi connectivity index (χ1n) is 8.19. The second-order valence-corrected chi connectivity index (χ2v) is 7.54. The Morgan fingerprint density at radius 1 is 1.46 bits per heavy atom. The highest BCUT2D eigenvalue weighted by molar-refractivity contribution is 7.14. The second kappa shape index (κ2) is 7.79. The van der Waals surface area contributed by atoms with E-state index in [9.17, 15) is 19.5 Å². The Bertz CT molecular complexity index is 641. The zero-order valence-corrected chi connectivity index (χ0v) is 15.1. The van der Waals surface area contributed by atoms with Gasteiger partial charge in [0, 0.05) is 24.9 Å². The number of carbonyl (C=O) groups is 3. The second-order valence-electron chi connectivity index (χ2n) is 6.40. The van der Waals surface area contributed by atoms with Gasteiger partial charge in [-0.1, -0.05) is 6.92 Å². The molecule has 1 aromatic rings. The first-order chi connectivity index (χ1) is 11.3. The van der Waals surface area contributed by atoms with Crippen LogP contribution in [0.1, 0.15) is 47.3 Å². The fourth-order valence-corrected chi connectivity index (χ4v) is 4.07. The normalized spacial score (nSPS) is 17.7. The zero-order valence-electron chi connectivity index (χ0n) is 14.3. The summed E-state index contributed by atoms with van der Waals surface area (Å²) in [4.78, 5) is 38.3. The highest BCUT2D eigenvalue weighted by atomic mass is 32.1. The molecule has 7 heteroatoms. The van der Waals surface area contributed by atoms with Gasteiger partial charge in [0.2, 0.25) is 5.91 Å². The summed E-state index contributed by atoms with van der Waals surface area (Å²) >= 11 is 1.47. The third-order valence-electron chi connectivity index (χ3n) is 4.35. The molecule has 0 fully saturated rings. The third-order valence-corrected chi connectivity index (χ3v) is 5.58. The van der Waals surface area contributed by atoms with E-state index in [0.717, 1.165) is 19.3 Å². The van der Waals surface area contributed by atoms with Crippen molar-refractivity contribution in [1.29, 1.82) is 0 Å². The molecule has 2 amide bonds. The summed E-state index contributed by atoms with van der Waals surface area (Å²) in [6.45, 7) is 5.49. The Morgan fingerprint density at radius 2 is 2.17 bits per heavy atom. The molecule has 2 N–H and O–H groups in total. The van der Waals surface area contributed by atoms with Crippen molar-refractivity contribution in [3.8, 4) is 0 Å². The molecule has 0 spiro atoms. The number of hydrogen-bond donors (Lipinski definition) is 2. The lowest BCUT2D eigenvalue weighted by Crippen LogP contribution is -2.46. The lowest BCUT2D eigenvalue weighted by molar-refractivity contribution is -0.141. The van der Waals surface area contributed by atoms with Gasteiger partial charge in [-0.15, -0.1) is 11.3 Å². The molecule has 1 heterocycles. The van der Waals surface area contributed by atoms with Gasteiger partial charge in [-0.25, -0.2) is 4.79 Å². The van der Waals surface area contributed by atoms with Crippen molar-refractivity contribution in [2.45, 2.75) is 46.1 Å². The molecule has 2 rings (SSSR count). The first kappa shape index (κ1) is 18.4. The van der Waals surface area contributed by atoms with Gasteiger partial charge in [-0.05, 0) is 43.7 Å². The predicted molar refractivity (Wildman–Crippen MR) is 92.3 cm³/mol. The van der Waals surface area contributed by atoms with Gasteiger partial charge >= 0.3 is 5.97 Å². The van der Waals surface area contributed by atoms with Crippen LogP contribution >= 0.6 is 11.3 Å². The van der Waals surface area contributed by atoms with Crippen LogP contribution in [0.4, 0.5) is 0 Å². The number of fused-ring (bicyclic) bond motifs is 1. The lowest BCUT2D eigenvalue weighted by Gasteiger charge is -2.26. The average molecular weight is 352 g/mol. The van der Waals surface area contributed by atoms with Gasteiger partial charge in [0.25, 0.3) is 5.91 Å². The van der Waals surface area contributed by atoms with Crippen LogP contribution in [0.15, 0.2) is 6.07 Å². The number of aryl methyl sites for hydroxylation is 1. The summed E-state index contributed by atoms with van der Waals surface area (Å²) < 4.78 is 0. The van der Waals surface area contributed by atoms with Crippen molar-refractivity contribution >= 4 is 29.1 Å². The molecule has 24 heavy (non-hydrogen) atoms. The fourth-order valence-electron chi connectivity index (χ4n) is 2.91. The van der Waals surface area contributed by atoms with Gasteiger partial charge in [0.05, 0.1) is 4.88 Å². The summed E-state index contributed by atoms with van der Waals surface area (Å²) in [5.74, 6) is -0.918. The number of carbonyl (C=O) groups excluding carboxylic acids is 2. The monoisotopic (exact) mass is 352 g/mol. The molecule has 2 unspecified atom stereocenters. The SMILES string of the molecule is CC(=O)NCCN(C(=O)c1cc2c(s1)CCC(C)C2)C(C)C(=O)O. The Morgan fingerprint density at radius 3 is 2.79 bits per heavy atom. The minimum atomic E-state index is -1.05. The molecule has 1 aromatic heterocycles. The highest BCUT2D eigenvalue weighted by Crippen LogP contribution is 2.32. The summed E-state index contributed by atoms with van der Waals surface area (Å²) in [6.07, 6.45) is 3.08. The quantitative estimate of drug-likeness (QED) is 0.819. The van der Waals surface area contributed by atoms with E-state index in [0.29, 0.717) is 10.8 Å². The van der Waals surface area contributed by atoms with E-state index in [1.807, 2.05) is 6.07 Å². The van der Waals surface area contributed by atoms with Crippen molar-refractivity contribution in [1.82, 2.24) is 10.2 Å². The molecule has 1 aliphatic rings. The van der Waals surface area contributed by atoms with E-state index in [2.05, 4.69) is 12.2 Å². The van der Waals surface area contributed by atoms with Crippen LogP contribution in [0.5, 0.6) is 0 Å². The number of rotatable bonds is 6. The van der Waals surface area contributed by atoms with Crippen molar-refractivity contribution in [3.05, 3.63) is 21.4 Å². The number of hydrogen-bond acceptors (Lipinski definition) is 4. The van der Waals surface area contributed by atoms with Crippen molar-refractivity contribution in [2.75, 3.05) is 13.1 Å². The number of carboxylic acids is 1. The molecule has 2 atom stereocenters. The fraction of sp³-hybridized carbons (Fsp3) is 0.588. The summed E-state index contributed by atoms with van der Waals surface area (Å²) in [5.41, 5.74) is 1.21. The van der Waals surface area contributed by atoms with E-state index in [1.165, 1.54) is 40.5 Å². The van der Waals surface area contributed by atoms with E-state index in [1.54, 1.807) is 0 Å². The number of thiophene rings is 1. The van der Waals surface area contributed by atoms with E-state index in [-0.39, 0.29) is 24.9 Å². The predicted octanol–water partition coefficient (Wildman–Crippen LogP) is 1.92. The highest BCUT2D eigenvalue weighted by Gasteiger charge is 2.29. The maximum absolute atomic E-state index is 12.8. The van der Waals surface area contributed by atoms with E-state index < -0.39 is 12.0 Å². The van der Waals surface area contributed by atoms with Crippen LogP contribution in [-0.2, 0) is 22.4 Å². The Labute approximate surface area is 145 Å². The Kier molecular flexibility index (Phi) is 5.99. The molecule has 0 bridgehead atoms. The standard InChI is InChI=1S/C17H24N2O4S/c1-10-4-5-14-13(8-10)9-15(24-14)16(21)19(11(2)17(22)23)7-6-18-12(3)20/h9-11H,4-8H2,1-3H3,(H,18,20)(H,22,23). The topological polar surface area (TPSA) is 86.7 Å². The van der Waals surface area contributed by atoms with Crippen LogP contribution in [0, 0.1) is 5.92 Å². The minimum absolute atomic E-state index is 0.171. The molecular formula is C17H24N2O4S. The van der Waals surface area contributed by atoms with Gasteiger partial charge in [0.1, 0.15) is 6.04 Å². The first-order valence-corrected chi connectivity index (χ1v) is 9.01. The molecule has 0 aliphatic heterocycles. The maximum Gasteiger partial charge on any atom is 0.326 e. The summed E-state index contributed by atoms with van der Waals surface area (Å²) in [6, 6.07) is 0.974. The molecule has 0 radical (unpaired) electrons. The summed E-state index contributed by atoms with van der Waals surface area (Å²) in [5, 5.41) is 11.9. The van der Waals surface area contributed by atoms with Gasteiger partial charge in [-0.3, -0.25) is 9.59 Å². The molecule has 0 aromatic carbocycles. The largest absolute Gasteiger partial charge is 0.480 e. The number of nitrogens with one attached hydrogen (secondary N) is 1. The van der Waals surface area contributed by atoms with E-state index in [4.69, 9.17) is 0 Å². The maximum atomic E-state index is 12.8. The van der Waals surface area contributed by atoms with Crippen molar-refractivity contribution < 1.29 is 19.5 Å². The Balaban J connectivity index is 2.17. The molecule has 1 aliphatic carbocycles. The number of carboxylic acid groups (broad SMARTS) is 1. The molecule has 6 nitrogen and oxygen atoms in total. The van der Waals surface area contributed by atoms with E-state index >= 15 is 0 Å². The minimum Gasteiger partial charge on any atom is -0.480 e. The molecule has 0 saturated carbocycles. The number of aliphatic carboxylic acids is 1. The van der Waals surface area contributed by atoms with Crippen LogP contribution < -0.4 is 5.32 Å². The number of nitrogens with zero attached hydrogens (tertiary/aromatic N) is 1. The van der Waals surface area contributed by atoms with Crippen LogP contribution in [0.2, 0.25) is 0 Å². The average Bonchev–Trinajstić information content (AvgIpc) is 2.93. The van der Waals surface area contributed by atoms with Crippen molar-refractivity contribution in [2.24, 2.45) is 5.92 Å². The van der Waals surface area contributed by atoms with Crippen LogP contribution in [0.25, 0.3) is 0 Å². The molecular weight excluding hydrogens is 328 g/mol. The van der Waals surface area contributed by atoms with Gasteiger partial charge < -0.3 is 15.3 Å². The van der Waals surface area contributed by atoms with Crippen LogP contribution in [-0.4, -0.2) is 46.9 Å². The molecule has 132 valence electrons. The van der Waals surface area contributed by atoms with Crippen LogP contribution in [0.3, 0.4) is 0 Å². The Hall–Kier alpha value is -1.89. The lowest BCUT2D eigenvalue weighted by atomic mass is 9.90. The zero-order chi connectivity index (χ0) is 17.9. The third kappa shape index (κ3) is 4.35. The van der Waals surface area contributed by atoms with Gasteiger partial charge in [0.15, 0.2) is 0 Å². The van der Waals surface area contributed by atoms with Crippen molar-refractivity contribution in [3.63, 3.8) is 0 Å². The number of amides is 2.